The average Bonchev–Trinajstić information content (AvgIpc) is 2.54. The maximum atomic E-state index is 12.0. The third kappa shape index (κ3) is 3.56. The summed E-state index contributed by atoms with van der Waals surface area (Å²) in [4.78, 5) is 24.9. The van der Waals surface area contributed by atoms with Gasteiger partial charge in [0.25, 0.3) is 0 Å². The molecule has 0 fully saturated rings. The molecule has 0 N–H and O–H groups in total. The highest BCUT2D eigenvalue weighted by molar-refractivity contribution is 5.86. The topological polar surface area (TPSA) is 86.7 Å². The number of carbonyl (C=O) groups is 1. The molecule has 8 heteroatoms. The highest BCUT2D eigenvalue weighted by atomic mass is 16.6. The van der Waals surface area contributed by atoms with Gasteiger partial charge in [0.2, 0.25) is 5.95 Å². The van der Waals surface area contributed by atoms with Crippen molar-refractivity contribution < 1.29 is 19.0 Å². The number of ether oxygens (including phenoxy) is 3. The lowest BCUT2D eigenvalue weighted by atomic mass is 10.3. The Morgan fingerprint density at radius 3 is 2.10 bits per heavy atom. The summed E-state index contributed by atoms with van der Waals surface area (Å²) in [6.45, 7) is 0. The van der Waals surface area contributed by atoms with Gasteiger partial charge >= 0.3 is 18.1 Å². The number of carbonyl (C=O) groups excluding carboxylic acids is 1. The molecule has 0 aliphatic carbocycles. The van der Waals surface area contributed by atoms with Gasteiger partial charge in [-0.25, -0.2) is 9.69 Å². The second-order valence-corrected chi connectivity index (χ2v) is 3.85. The molecule has 1 aromatic carbocycles. The van der Waals surface area contributed by atoms with E-state index in [0.29, 0.717) is 5.75 Å². The molecule has 1 heterocycles. The lowest BCUT2D eigenvalue weighted by molar-refractivity contribution is 0.208. The predicted molar refractivity (Wildman–Crippen MR) is 73.8 cm³/mol. The summed E-state index contributed by atoms with van der Waals surface area (Å²) in [5.41, 5.74) is 0. The molecule has 0 spiro atoms. The average molecular weight is 290 g/mol. The second-order valence-electron chi connectivity index (χ2n) is 3.85. The van der Waals surface area contributed by atoms with E-state index in [9.17, 15) is 4.79 Å². The molecule has 110 valence electrons. The molecule has 0 atom stereocenters. The minimum absolute atomic E-state index is 0.0382. The molecule has 21 heavy (non-hydrogen) atoms. The molecule has 1 aromatic heterocycles. The summed E-state index contributed by atoms with van der Waals surface area (Å²) in [6.07, 6.45) is -0.642. The van der Waals surface area contributed by atoms with Crippen molar-refractivity contribution in [2.75, 3.05) is 26.2 Å². The van der Waals surface area contributed by atoms with Gasteiger partial charge in [-0.2, -0.15) is 9.97 Å². The lowest BCUT2D eigenvalue weighted by Crippen LogP contribution is -2.31. The fraction of sp³-hybridized carbons (Fsp3) is 0.231. The smallest absolute Gasteiger partial charge is 0.421 e. The van der Waals surface area contributed by atoms with E-state index in [-0.39, 0.29) is 18.0 Å². The van der Waals surface area contributed by atoms with E-state index < -0.39 is 6.09 Å². The van der Waals surface area contributed by atoms with Gasteiger partial charge in [-0.05, 0) is 12.1 Å². The SMILES string of the molecule is COc1nc(OC)nc(N(C)C(=O)Oc2ccccc2)n1. The standard InChI is InChI=1S/C13H14N4O4/c1-17(13(18)21-9-7-5-4-6-8-9)10-14-11(19-2)16-12(15-10)20-3/h4-8H,1-3H3. The number of rotatable bonds is 4. The van der Waals surface area contributed by atoms with E-state index in [4.69, 9.17) is 14.2 Å². The maximum absolute atomic E-state index is 12.0. The molecule has 0 bridgehead atoms. The number of hydrogen-bond acceptors (Lipinski definition) is 7. The van der Waals surface area contributed by atoms with Crippen LogP contribution >= 0.6 is 0 Å². The first-order chi connectivity index (χ1) is 10.1. The number of amides is 1. The van der Waals surface area contributed by atoms with Gasteiger partial charge in [-0.15, -0.1) is 4.98 Å². The van der Waals surface area contributed by atoms with Gasteiger partial charge in [0.15, 0.2) is 0 Å². The highest BCUT2D eigenvalue weighted by Gasteiger charge is 2.19. The van der Waals surface area contributed by atoms with Crippen molar-refractivity contribution >= 4 is 12.0 Å². The van der Waals surface area contributed by atoms with Crippen LogP contribution < -0.4 is 19.1 Å². The Balaban J connectivity index is 2.18. The minimum Gasteiger partial charge on any atom is -0.467 e. The Bertz CT molecular complexity index is 599. The Hall–Kier alpha value is -2.90. The van der Waals surface area contributed by atoms with Gasteiger partial charge in [0, 0.05) is 7.05 Å². The van der Waals surface area contributed by atoms with Gasteiger partial charge in [-0.3, -0.25) is 0 Å². The lowest BCUT2D eigenvalue weighted by Gasteiger charge is -2.15. The summed E-state index contributed by atoms with van der Waals surface area (Å²) in [5, 5.41) is 0. The Kier molecular flexibility index (Phi) is 4.50. The molecule has 8 nitrogen and oxygen atoms in total. The third-order valence-corrected chi connectivity index (χ3v) is 2.47. The van der Waals surface area contributed by atoms with Crippen LogP contribution in [-0.2, 0) is 0 Å². The van der Waals surface area contributed by atoms with Gasteiger partial charge in [0.1, 0.15) is 5.75 Å². The number of para-hydroxylation sites is 1. The van der Waals surface area contributed by atoms with Gasteiger partial charge in [-0.1, -0.05) is 18.2 Å². The fourth-order valence-corrected chi connectivity index (χ4v) is 1.40. The number of benzene rings is 1. The Labute approximate surface area is 121 Å². The van der Waals surface area contributed by atoms with E-state index in [1.54, 1.807) is 24.3 Å². The van der Waals surface area contributed by atoms with Crippen molar-refractivity contribution in [3.8, 4) is 17.8 Å². The van der Waals surface area contributed by atoms with Crippen molar-refractivity contribution in [1.82, 2.24) is 15.0 Å². The zero-order chi connectivity index (χ0) is 15.2. The van der Waals surface area contributed by atoms with Crippen LogP contribution in [0.5, 0.6) is 17.8 Å². The van der Waals surface area contributed by atoms with Crippen molar-refractivity contribution in [3.05, 3.63) is 30.3 Å². The van der Waals surface area contributed by atoms with Crippen molar-refractivity contribution in [2.45, 2.75) is 0 Å². The van der Waals surface area contributed by atoms with Crippen LogP contribution in [0.2, 0.25) is 0 Å². The molecule has 0 saturated carbocycles. The van der Waals surface area contributed by atoms with Crippen LogP contribution in [0.3, 0.4) is 0 Å². The number of methoxy groups -OCH3 is 2. The molecule has 0 aliphatic heterocycles. The zero-order valence-corrected chi connectivity index (χ0v) is 11.8. The Morgan fingerprint density at radius 2 is 1.57 bits per heavy atom. The van der Waals surface area contributed by atoms with E-state index in [1.807, 2.05) is 6.07 Å². The van der Waals surface area contributed by atoms with Crippen LogP contribution in [0.25, 0.3) is 0 Å². The van der Waals surface area contributed by atoms with Gasteiger partial charge in [0.05, 0.1) is 14.2 Å². The normalized spacial score (nSPS) is 9.86. The first-order valence-corrected chi connectivity index (χ1v) is 5.98. The number of aromatic nitrogens is 3. The highest BCUT2D eigenvalue weighted by Crippen LogP contribution is 2.17. The fourth-order valence-electron chi connectivity index (χ4n) is 1.40. The van der Waals surface area contributed by atoms with E-state index >= 15 is 0 Å². The molecule has 2 rings (SSSR count). The summed E-state index contributed by atoms with van der Waals surface area (Å²) >= 11 is 0. The summed E-state index contributed by atoms with van der Waals surface area (Å²) in [7, 11) is 4.28. The summed E-state index contributed by atoms with van der Waals surface area (Å²) < 4.78 is 15.0. The van der Waals surface area contributed by atoms with E-state index in [0.717, 1.165) is 4.90 Å². The van der Waals surface area contributed by atoms with Crippen molar-refractivity contribution in [2.24, 2.45) is 0 Å². The largest absolute Gasteiger partial charge is 0.467 e. The van der Waals surface area contributed by atoms with Crippen LogP contribution in [-0.4, -0.2) is 42.3 Å². The second kappa shape index (κ2) is 6.51. The zero-order valence-electron chi connectivity index (χ0n) is 11.8. The van der Waals surface area contributed by atoms with Crippen molar-refractivity contribution in [1.29, 1.82) is 0 Å². The Morgan fingerprint density at radius 1 is 1.00 bits per heavy atom. The van der Waals surface area contributed by atoms with Crippen LogP contribution in [0.4, 0.5) is 10.7 Å². The summed E-state index contributed by atoms with van der Waals surface area (Å²) in [5.74, 6) is 0.474. The molecule has 0 saturated heterocycles. The molecular weight excluding hydrogens is 276 g/mol. The predicted octanol–water partition coefficient (Wildman–Crippen LogP) is 1.52. The third-order valence-electron chi connectivity index (χ3n) is 2.47. The van der Waals surface area contributed by atoms with E-state index in [2.05, 4.69) is 15.0 Å². The molecular formula is C13H14N4O4. The number of hydrogen-bond donors (Lipinski definition) is 0. The number of anilines is 1. The first-order valence-electron chi connectivity index (χ1n) is 5.98. The van der Waals surface area contributed by atoms with Crippen LogP contribution in [0, 0.1) is 0 Å². The monoisotopic (exact) mass is 290 g/mol. The minimum atomic E-state index is -0.642. The maximum Gasteiger partial charge on any atom is 0.421 e. The molecule has 0 aliphatic rings. The van der Waals surface area contributed by atoms with Crippen molar-refractivity contribution in [3.63, 3.8) is 0 Å². The molecule has 0 unspecified atom stereocenters. The first kappa shape index (κ1) is 14.5. The quantitative estimate of drug-likeness (QED) is 0.843. The van der Waals surface area contributed by atoms with Crippen LogP contribution in [0.15, 0.2) is 30.3 Å². The molecule has 1 amide bonds. The molecule has 2 aromatic rings. The van der Waals surface area contributed by atoms with E-state index in [1.165, 1.54) is 21.3 Å². The summed E-state index contributed by atoms with van der Waals surface area (Å²) in [6, 6.07) is 8.76. The molecule has 0 radical (unpaired) electrons. The van der Waals surface area contributed by atoms with Gasteiger partial charge < -0.3 is 14.2 Å². The number of nitrogens with zero attached hydrogens (tertiary/aromatic N) is 4. The van der Waals surface area contributed by atoms with Crippen LogP contribution in [0.1, 0.15) is 0 Å².